The molecule has 4 atom stereocenters. The highest BCUT2D eigenvalue weighted by atomic mass is 16.6. The minimum absolute atomic E-state index is 0.154. The molecule has 5 nitrogen and oxygen atoms in total. The maximum atomic E-state index is 9.86. The Balaban J connectivity index is 1.91. The number of unbranched alkanes of at least 4 members (excludes halogenated alkanes) is 9. The van der Waals surface area contributed by atoms with Crippen LogP contribution in [-0.4, -0.2) is 59.6 Å². The maximum Gasteiger partial charge on any atom is 0.114 e. The van der Waals surface area contributed by atoms with Crippen molar-refractivity contribution in [2.45, 2.75) is 102 Å². The Morgan fingerprint density at radius 2 is 1.62 bits per heavy atom. The molecular weight excluding hydrogens is 332 g/mol. The molecular formula is C21H40O5. The highest BCUT2D eigenvalue weighted by molar-refractivity contribution is 4.89. The van der Waals surface area contributed by atoms with E-state index in [1.165, 1.54) is 51.4 Å². The van der Waals surface area contributed by atoms with Crippen LogP contribution in [0.15, 0.2) is 12.2 Å². The first-order chi connectivity index (χ1) is 12.7. The minimum atomic E-state index is -1.00. The van der Waals surface area contributed by atoms with Gasteiger partial charge in [-0.05, 0) is 25.7 Å². The van der Waals surface area contributed by atoms with E-state index in [4.69, 9.17) is 14.6 Å². The summed E-state index contributed by atoms with van der Waals surface area (Å²) in [4.78, 5) is 0. The Labute approximate surface area is 159 Å². The molecule has 1 heterocycles. The van der Waals surface area contributed by atoms with E-state index in [2.05, 4.69) is 19.1 Å². The molecule has 0 spiro atoms. The van der Waals surface area contributed by atoms with Gasteiger partial charge in [0.05, 0.1) is 13.2 Å². The normalized spacial score (nSPS) is 24.5. The first kappa shape index (κ1) is 23.6. The summed E-state index contributed by atoms with van der Waals surface area (Å²) in [5.74, 6) is 0. The zero-order chi connectivity index (χ0) is 19.0. The minimum Gasteiger partial charge on any atom is -0.394 e. The standard InChI is InChI=1S/C21H40O5/c1-2-3-4-5-6-7-8-9-10-11-12-13-14-15-25-21-19(24)17-26-20(21)18(23)16-22/h3-4,18-24H,2,5-17H2,1H3/b4-3+/t18-,19+,20+,21+/m0/s1. The van der Waals surface area contributed by atoms with Gasteiger partial charge in [-0.2, -0.15) is 0 Å². The lowest BCUT2D eigenvalue weighted by Gasteiger charge is -2.23. The van der Waals surface area contributed by atoms with E-state index < -0.39 is 24.4 Å². The van der Waals surface area contributed by atoms with Gasteiger partial charge in [0.1, 0.15) is 24.4 Å². The molecule has 0 aliphatic carbocycles. The molecule has 0 radical (unpaired) electrons. The molecule has 0 aromatic heterocycles. The van der Waals surface area contributed by atoms with Crippen LogP contribution >= 0.6 is 0 Å². The molecule has 0 bridgehead atoms. The van der Waals surface area contributed by atoms with E-state index in [-0.39, 0.29) is 13.2 Å². The third kappa shape index (κ3) is 10.0. The summed E-state index contributed by atoms with van der Waals surface area (Å²) in [6, 6.07) is 0. The lowest BCUT2D eigenvalue weighted by molar-refractivity contribution is -0.0938. The van der Waals surface area contributed by atoms with Crippen LogP contribution in [0.3, 0.4) is 0 Å². The number of hydrogen-bond donors (Lipinski definition) is 3. The monoisotopic (exact) mass is 372 g/mol. The van der Waals surface area contributed by atoms with Crippen LogP contribution in [0.1, 0.15) is 77.6 Å². The molecule has 1 aliphatic heterocycles. The molecule has 1 rings (SSSR count). The fourth-order valence-electron chi connectivity index (χ4n) is 3.36. The Bertz CT molecular complexity index is 347. The summed E-state index contributed by atoms with van der Waals surface area (Å²) in [6.45, 7) is 2.51. The Morgan fingerprint density at radius 3 is 2.23 bits per heavy atom. The van der Waals surface area contributed by atoms with Crippen LogP contribution < -0.4 is 0 Å². The molecule has 1 aliphatic rings. The first-order valence-electron chi connectivity index (χ1n) is 10.6. The van der Waals surface area contributed by atoms with Gasteiger partial charge in [0.25, 0.3) is 0 Å². The SMILES string of the molecule is CC/C=C/CCCCCCCCCCCO[C@H]1[C@@H]([C@@H](O)CO)OC[C@H]1O. The van der Waals surface area contributed by atoms with Crippen molar-refractivity contribution >= 4 is 0 Å². The number of aliphatic hydroxyl groups is 3. The molecule has 154 valence electrons. The van der Waals surface area contributed by atoms with Crippen LogP contribution in [0.2, 0.25) is 0 Å². The van der Waals surface area contributed by atoms with Gasteiger partial charge in [-0.1, -0.05) is 64.0 Å². The number of rotatable bonds is 16. The van der Waals surface area contributed by atoms with Gasteiger partial charge in [-0.25, -0.2) is 0 Å². The molecule has 3 N–H and O–H groups in total. The van der Waals surface area contributed by atoms with E-state index >= 15 is 0 Å². The van der Waals surface area contributed by atoms with Gasteiger partial charge in [-0.15, -0.1) is 0 Å². The average Bonchev–Trinajstić information content (AvgIpc) is 3.02. The quantitative estimate of drug-likeness (QED) is 0.286. The molecule has 26 heavy (non-hydrogen) atoms. The third-order valence-corrected chi connectivity index (χ3v) is 4.96. The summed E-state index contributed by atoms with van der Waals surface area (Å²) >= 11 is 0. The van der Waals surface area contributed by atoms with Crippen molar-refractivity contribution in [1.29, 1.82) is 0 Å². The summed E-state index contributed by atoms with van der Waals surface area (Å²) in [5.41, 5.74) is 0. The fraction of sp³-hybridized carbons (Fsp3) is 0.905. The van der Waals surface area contributed by atoms with Gasteiger partial charge in [0.2, 0.25) is 0 Å². The molecule has 0 unspecified atom stereocenters. The summed E-state index contributed by atoms with van der Waals surface area (Å²) in [6.07, 6.45) is 15.2. The van der Waals surface area contributed by atoms with Crippen LogP contribution in [-0.2, 0) is 9.47 Å². The maximum absolute atomic E-state index is 9.86. The van der Waals surface area contributed by atoms with Crippen molar-refractivity contribution < 1.29 is 24.8 Å². The molecule has 0 saturated carbocycles. The van der Waals surface area contributed by atoms with Gasteiger partial charge in [-0.3, -0.25) is 0 Å². The van der Waals surface area contributed by atoms with Gasteiger partial charge >= 0.3 is 0 Å². The molecule has 1 fully saturated rings. The number of aliphatic hydroxyl groups excluding tert-OH is 3. The average molecular weight is 373 g/mol. The lowest BCUT2D eigenvalue weighted by Crippen LogP contribution is -2.42. The Hall–Kier alpha value is -0.460. The van der Waals surface area contributed by atoms with E-state index in [9.17, 15) is 10.2 Å². The van der Waals surface area contributed by atoms with Crippen LogP contribution in [0.25, 0.3) is 0 Å². The first-order valence-corrected chi connectivity index (χ1v) is 10.6. The van der Waals surface area contributed by atoms with Crippen LogP contribution in [0.5, 0.6) is 0 Å². The summed E-state index contributed by atoms with van der Waals surface area (Å²) in [5, 5.41) is 28.6. The second-order valence-electron chi connectivity index (χ2n) is 7.30. The van der Waals surface area contributed by atoms with E-state index in [1.807, 2.05) is 0 Å². The topological polar surface area (TPSA) is 79.2 Å². The Kier molecular flexibility index (Phi) is 14.1. The highest BCUT2D eigenvalue weighted by Crippen LogP contribution is 2.21. The summed E-state index contributed by atoms with van der Waals surface area (Å²) in [7, 11) is 0. The van der Waals surface area contributed by atoms with E-state index in [1.54, 1.807) is 0 Å². The predicted molar refractivity (Wildman–Crippen MR) is 104 cm³/mol. The molecule has 0 amide bonds. The fourth-order valence-corrected chi connectivity index (χ4v) is 3.36. The number of hydrogen-bond acceptors (Lipinski definition) is 5. The van der Waals surface area contributed by atoms with Crippen molar-refractivity contribution in [2.75, 3.05) is 19.8 Å². The van der Waals surface area contributed by atoms with Crippen LogP contribution in [0, 0.1) is 0 Å². The lowest BCUT2D eigenvalue weighted by atomic mass is 10.1. The predicted octanol–water partition coefficient (Wildman–Crippen LogP) is 3.35. The van der Waals surface area contributed by atoms with Gasteiger partial charge in [0.15, 0.2) is 0 Å². The van der Waals surface area contributed by atoms with Gasteiger partial charge < -0.3 is 24.8 Å². The van der Waals surface area contributed by atoms with Crippen molar-refractivity contribution in [3.8, 4) is 0 Å². The van der Waals surface area contributed by atoms with Crippen molar-refractivity contribution in [1.82, 2.24) is 0 Å². The largest absolute Gasteiger partial charge is 0.394 e. The zero-order valence-corrected chi connectivity index (χ0v) is 16.5. The smallest absolute Gasteiger partial charge is 0.114 e. The number of allylic oxidation sites excluding steroid dienone is 2. The molecule has 0 aromatic carbocycles. The molecule has 5 heteroatoms. The number of ether oxygens (including phenoxy) is 2. The van der Waals surface area contributed by atoms with E-state index in [0.717, 1.165) is 19.3 Å². The van der Waals surface area contributed by atoms with E-state index in [0.29, 0.717) is 6.61 Å². The second kappa shape index (κ2) is 15.6. The van der Waals surface area contributed by atoms with Crippen molar-refractivity contribution in [3.63, 3.8) is 0 Å². The molecule has 1 saturated heterocycles. The summed E-state index contributed by atoms with van der Waals surface area (Å²) < 4.78 is 11.0. The second-order valence-corrected chi connectivity index (χ2v) is 7.30. The molecule has 0 aromatic rings. The highest BCUT2D eigenvalue weighted by Gasteiger charge is 2.40. The van der Waals surface area contributed by atoms with Crippen molar-refractivity contribution in [2.24, 2.45) is 0 Å². The van der Waals surface area contributed by atoms with Crippen molar-refractivity contribution in [3.05, 3.63) is 12.2 Å². The Morgan fingerprint density at radius 1 is 1.00 bits per heavy atom. The van der Waals surface area contributed by atoms with Gasteiger partial charge in [0, 0.05) is 6.61 Å². The third-order valence-electron chi connectivity index (χ3n) is 4.96. The zero-order valence-electron chi connectivity index (χ0n) is 16.5. The van der Waals surface area contributed by atoms with Crippen LogP contribution in [0.4, 0.5) is 0 Å².